The lowest BCUT2D eigenvalue weighted by atomic mass is 10.1. The molecule has 0 bridgehead atoms. The average molecular weight is 296 g/mol. The van der Waals surface area contributed by atoms with E-state index in [4.69, 9.17) is 26.3 Å². The molecule has 0 spiro atoms. The molecule has 0 radical (unpaired) electrons. The summed E-state index contributed by atoms with van der Waals surface area (Å²) >= 11 is 5.62. The Bertz CT molecular complexity index is 510. The molecule has 0 fully saturated rings. The predicted octanol–water partition coefficient (Wildman–Crippen LogP) is 2.80. The highest BCUT2D eigenvalue weighted by atomic mass is 35.5. The monoisotopic (exact) mass is 295 g/mol. The van der Waals surface area contributed by atoms with Crippen molar-refractivity contribution >= 4 is 23.6 Å². The Hall–Kier alpha value is -1.93. The van der Waals surface area contributed by atoms with Crippen molar-refractivity contribution in [1.82, 2.24) is 4.90 Å². The highest BCUT2D eigenvalue weighted by molar-refractivity contribution is 6.17. The lowest BCUT2D eigenvalue weighted by Gasteiger charge is -2.12. The maximum atomic E-state index is 9.16. The van der Waals surface area contributed by atoms with Gasteiger partial charge < -0.3 is 14.4 Å². The van der Waals surface area contributed by atoms with E-state index in [1.807, 2.05) is 14.1 Å². The lowest BCUT2D eigenvalue weighted by molar-refractivity contribution is 0.295. The molecule has 0 heterocycles. The second kappa shape index (κ2) is 8.28. The number of hydrogen-bond acceptors (Lipinski definition) is 4. The Morgan fingerprint density at radius 2 is 2.15 bits per heavy atom. The van der Waals surface area contributed by atoms with E-state index in [1.165, 1.54) is 7.11 Å². The molecule has 0 unspecified atom stereocenters. The van der Waals surface area contributed by atoms with E-state index in [0.717, 1.165) is 6.42 Å². The number of methoxy groups -OCH3 is 1. The highest BCUT2D eigenvalue weighted by Crippen LogP contribution is 2.34. The van der Waals surface area contributed by atoms with Crippen LogP contribution in [0.1, 0.15) is 12.0 Å². The smallest absolute Gasteiger partial charge is 0.163 e. The summed E-state index contributed by atoms with van der Waals surface area (Å²) in [6.07, 6.45) is 2.37. The second-order valence-electron chi connectivity index (χ2n) is 4.23. The van der Waals surface area contributed by atoms with Crippen LogP contribution in [0.3, 0.4) is 0 Å². The standard InChI is InChI=1S/C14H18ClN3O2/c1-18(2)10-17-12-8-14(20-6-4-5-15)13(19-3)7-11(12)9-16/h7-8,10H,4-6H2,1-3H3/b17-10+. The van der Waals surface area contributed by atoms with Gasteiger partial charge in [0.25, 0.3) is 0 Å². The second-order valence-corrected chi connectivity index (χ2v) is 4.61. The van der Waals surface area contributed by atoms with Gasteiger partial charge >= 0.3 is 0 Å². The van der Waals surface area contributed by atoms with E-state index in [0.29, 0.717) is 35.2 Å². The van der Waals surface area contributed by atoms with Crippen LogP contribution < -0.4 is 9.47 Å². The summed E-state index contributed by atoms with van der Waals surface area (Å²) in [5.41, 5.74) is 0.979. The summed E-state index contributed by atoms with van der Waals surface area (Å²) < 4.78 is 10.8. The van der Waals surface area contributed by atoms with Gasteiger partial charge in [-0.05, 0) is 6.42 Å². The van der Waals surface area contributed by atoms with Gasteiger partial charge in [0.05, 0.1) is 31.3 Å². The minimum Gasteiger partial charge on any atom is -0.493 e. The first-order valence-corrected chi connectivity index (χ1v) is 6.67. The molecule has 0 amide bonds. The Morgan fingerprint density at radius 3 is 2.70 bits per heavy atom. The first-order valence-electron chi connectivity index (χ1n) is 6.14. The fourth-order valence-electron chi connectivity index (χ4n) is 1.43. The molecule has 0 N–H and O–H groups in total. The van der Waals surface area contributed by atoms with Gasteiger partial charge in [-0.3, -0.25) is 0 Å². The predicted molar refractivity (Wildman–Crippen MR) is 80.4 cm³/mol. The number of nitriles is 1. The topological polar surface area (TPSA) is 57.8 Å². The minimum absolute atomic E-state index is 0.435. The van der Waals surface area contributed by atoms with Crippen LogP contribution in [0.25, 0.3) is 0 Å². The summed E-state index contributed by atoms with van der Waals surface area (Å²) in [5.74, 6) is 1.60. The Balaban J connectivity index is 3.09. The summed E-state index contributed by atoms with van der Waals surface area (Å²) in [4.78, 5) is 6.05. The molecule has 1 aromatic carbocycles. The Labute approximate surface area is 124 Å². The maximum absolute atomic E-state index is 9.16. The van der Waals surface area contributed by atoms with Crippen LogP contribution in [-0.4, -0.2) is 44.9 Å². The van der Waals surface area contributed by atoms with Crippen molar-refractivity contribution in [1.29, 1.82) is 5.26 Å². The first kappa shape index (κ1) is 16.1. The van der Waals surface area contributed by atoms with Gasteiger partial charge in [-0.25, -0.2) is 4.99 Å². The van der Waals surface area contributed by atoms with Crippen molar-refractivity contribution < 1.29 is 9.47 Å². The molecule has 0 aliphatic rings. The van der Waals surface area contributed by atoms with Crippen LogP contribution in [0.5, 0.6) is 11.5 Å². The Kier molecular flexibility index (Phi) is 6.68. The van der Waals surface area contributed by atoms with E-state index in [-0.39, 0.29) is 0 Å². The number of alkyl halides is 1. The third-order valence-electron chi connectivity index (χ3n) is 2.37. The minimum atomic E-state index is 0.435. The average Bonchev–Trinajstić information content (AvgIpc) is 2.45. The van der Waals surface area contributed by atoms with Crippen LogP contribution in [-0.2, 0) is 0 Å². The van der Waals surface area contributed by atoms with Crippen LogP contribution in [0, 0.1) is 11.3 Å². The number of hydrogen-bond donors (Lipinski definition) is 0. The van der Waals surface area contributed by atoms with Crippen molar-refractivity contribution in [3.63, 3.8) is 0 Å². The van der Waals surface area contributed by atoms with E-state index in [1.54, 1.807) is 23.4 Å². The number of aliphatic imine (C=N–C) groups is 1. The van der Waals surface area contributed by atoms with E-state index >= 15 is 0 Å². The number of ether oxygens (including phenoxy) is 2. The van der Waals surface area contributed by atoms with Gasteiger partial charge in [-0.15, -0.1) is 11.6 Å². The zero-order valence-corrected chi connectivity index (χ0v) is 12.6. The summed E-state index contributed by atoms with van der Waals surface area (Å²) in [6, 6.07) is 5.42. The molecule has 1 aromatic rings. The fraction of sp³-hybridized carbons (Fsp3) is 0.429. The van der Waals surface area contributed by atoms with Crippen molar-refractivity contribution in [3.8, 4) is 17.6 Å². The van der Waals surface area contributed by atoms with Crippen LogP contribution >= 0.6 is 11.6 Å². The normalized spacial score (nSPS) is 10.3. The Morgan fingerprint density at radius 1 is 1.40 bits per heavy atom. The number of nitrogens with zero attached hydrogens (tertiary/aromatic N) is 3. The van der Waals surface area contributed by atoms with Crippen molar-refractivity contribution in [2.24, 2.45) is 4.99 Å². The van der Waals surface area contributed by atoms with E-state index in [9.17, 15) is 0 Å². The molecular formula is C14H18ClN3O2. The molecule has 0 atom stereocenters. The molecule has 5 nitrogen and oxygen atoms in total. The van der Waals surface area contributed by atoms with Gasteiger partial charge in [0.2, 0.25) is 0 Å². The SMILES string of the molecule is COc1cc(C#N)c(/N=C/N(C)C)cc1OCCCCl. The molecule has 0 aliphatic carbocycles. The molecule has 0 saturated heterocycles. The number of halogens is 1. The van der Waals surface area contributed by atoms with Crippen LogP contribution in [0.15, 0.2) is 17.1 Å². The van der Waals surface area contributed by atoms with Gasteiger partial charge in [-0.1, -0.05) is 0 Å². The summed E-state index contributed by atoms with van der Waals surface area (Å²) in [7, 11) is 5.25. The van der Waals surface area contributed by atoms with E-state index in [2.05, 4.69) is 11.1 Å². The van der Waals surface area contributed by atoms with Crippen molar-refractivity contribution in [3.05, 3.63) is 17.7 Å². The fourth-order valence-corrected chi connectivity index (χ4v) is 1.54. The van der Waals surface area contributed by atoms with Gasteiger partial charge in [0.1, 0.15) is 6.07 Å². The van der Waals surface area contributed by atoms with Crippen molar-refractivity contribution in [2.75, 3.05) is 33.7 Å². The molecule has 0 aliphatic heterocycles. The number of benzene rings is 1. The zero-order valence-electron chi connectivity index (χ0n) is 11.9. The van der Waals surface area contributed by atoms with Gasteiger partial charge in [-0.2, -0.15) is 5.26 Å². The van der Waals surface area contributed by atoms with Crippen LogP contribution in [0.4, 0.5) is 5.69 Å². The zero-order chi connectivity index (χ0) is 15.0. The largest absolute Gasteiger partial charge is 0.493 e. The molecule has 1 rings (SSSR count). The molecule has 0 saturated carbocycles. The third kappa shape index (κ3) is 4.63. The van der Waals surface area contributed by atoms with Crippen molar-refractivity contribution in [2.45, 2.75) is 6.42 Å². The molecule has 6 heteroatoms. The molecule has 20 heavy (non-hydrogen) atoms. The van der Waals surface area contributed by atoms with Gasteiger partial charge in [0.15, 0.2) is 11.5 Å². The maximum Gasteiger partial charge on any atom is 0.163 e. The lowest BCUT2D eigenvalue weighted by Crippen LogP contribution is -2.07. The summed E-state index contributed by atoms with van der Waals surface area (Å²) in [6.45, 7) is 0.489. The third-order valence-corrected chi connectivity index (χ3v) is 2.63. The van der Waals surface area contributed by atoms with E-state index < -0.39 is 0 Å². The first-order chi connectivity index (χ1) is 9.62. The summed E-state index contributed by atoms with van der Waals surface area (Å²) in [5, 5.41) is 9.16. The quantitative estimate of drug-likeness (QED) is 0.336. The van der Waals surface area contributed by atoms with Crippen LogP contribution in [0.2, 0.25) is 0 Å². The van der Waals surface area contributed by atoms with Gasteiger partial charge in [0, 0.05) is 32.1 Å². The number of rotatable bonds is 7. The highest BCUT2D eigenvalue weighted by Gasteiger charge is 2.11. The molecule has 108 valence electrons. The molecule has 0 aromatic heterocycles. The molecular weight excluding hydrogens is 278 g/mol.